The predicted molar refractivity (Wildman–Crippen MR) is 123 cm³/mol. The van der Waals surface area contributed by atoms with E-state index in [1.54, 1.807) is 0 Å². The molecule has 1 aromatic carbocycles. The van der Waals surface area contributed by atoms with Crippen LogP contribution in [0, 0.1) is 6.92 Å². The summed E-state index contributed by atoms with van der Waals surface area (Å²) in [6, 6.07) is 11.8. The van der Waals surface area contributed by atoms with E-state index in [0.717, 1.165) is 54.8 Å². The first-order valence-corrected chi connectivity index (χ1v) is 11.0. The van der Waals surface area contributed by atoms with Crippen molar-refractivity contribution in [2.45, 2.75) is 53.0 Å². The Bertz CT molecular complexity index is 1120. The van der Waals surface area contributed by atoms with Crippen LogP contribution in [0.15, 0.2) is 51.8 Å². The first-order chi connectivity index (χ1) is 14.9. The van der Waals surface area contributed by atoms with E-state index in [9.17, 15) is 9.59 Å². The molecule has 0 aliphatic rings. The van der Waals surface area contributed by atoms with Gasteiger partial charge in [-0.05, 0) is 44.9 Å². The molecule has 0 atom stereocenters. The van der Waals surface area contributed by atoms with E-state index in [2.05, 4.69) is 29.4 Å². The molecule has 0 aliphatic heterocycles. The molecule has 0 bridgehead atoms. The van der Waals surface area contributed by atoms with Gasteiger partial charge in [-0.1, -0.05) is 0 Å². The molecule has 0 amide bonds. The summed E-state index contributed by atoms with van der Waals surface area (Å²) in [7, 11) is 0. The van der Waals surface area contributed by atoms with Gasteiger partial charge in [0, 0.05) is 67.7 Å². The third-order valence-corrected chi connectivity index (χ3v) is 5.70. The molecule has 0 unspecified atom stereocenters. The molecule has 6 heteroatoms. The standard InChI is InChI=1S/C25H30N2O4/c1-4-26(5-2)21-11-10-20-16-22(25(30)31-23(20)17-21)19-12-14-27(18(3)15-19)13-8-6-7-9-24(28)29/h10-12,14-17H,4-9,13H2,1-3H3/p+1. The van der Waals surface area contributed by atoms with Gasteiger partial charge in [0.15, 0.2) is 11.9 Å². The maximum absolute atomic E-state index is 12.7. The number of aromatic nitrogens is 1. The number of pyridine rings is 1. The highest BCUT2D eigenvalue weighted by molar-refractivity contribution is 5.84. The minimum Gasteiger partial charge on any atom is -0.481 e. The fourth-order valence-electron chi connectivity index (χ4n) is 3.88. The molecule has 1 N–H and O–H groups in total. The zero-order valence-corrected chi connectivity index (χ0v) is 18.6. The lowest BCUT2D eigenvalue weighted by atomic mass is 10.1. The van der Waals surface area contributed by atoms with Crippen molar-refractivity contribution >= 4 is 22.6 Å². The van der Waals surface area contributed by atoms with Gasteiger partial charge in [0.05, 0.1) is 5.56 Å². The molecule has 0 aliphatic carbocycles. The van der Waals surface area contributed by atoms with Gasteiger partial charge in [-0.2, -0.15) is 0 Å². The van der Waals surface area contributed by atoms with Crippen molar-refractivity contribution in [2.75, 3.05) is 18.0 Å². The molecule has 164 valence electrons. The van der Waals surface area contributed by atoms with Gasteiger partial charge in [0.2, 0.25) is 0 Å². The van der Waals surface area contributed by atoms with E-state index in [0.29, 0.717) is 17.6 Å². The normalized spacial score (nSPS) is 11.1. The van der Waals surface area contributed by atoms with E-state index in [1.165, 1.54) is 0 Å². The molecule has 0 spiro atoms. The second-order valence-corrected chi connectivity index (χ2v) is 7.80. The molecule has 0 fully saturated rings. The Morgan fingerprint density at radius 3 is 2.52 bits per heavy atom. The van der Waals surface area contributed by atoms with Crippen molar-refractivity contribution in [2.24, 2.45) is 0 Å². The first-order valence-electron chi connectivity index (χ1n) is 11.0. The molecular weight excluding hydrogens is 392 g/mol. The van der Waals surface area contributed by atoms with Crippen LogP contribution in [0.4, 0.5) is 5.69 Å². The van der Waals surface area contributed by atoms with Crippen molar-refractivity contribution in [3.63, 3.8) is 0 Å². The highest BCUT2D eigenvalue weighted by Crippen LogP contribution is 2.25. The first kappa shape index (κ1) is 22.5. The minimum absolute atomic E-state index is 0.219. The summed E-state index contributed by atoms with van der Waals surface area (Å²) in [5.41, 5.74) is 3.75. The van der Waals surface area contributed by atoms with Gasteiger partial charge in [0.1, 0.15) is 12.1 Å². The number of rotatable bonds is 10. The minimum atomic E-state index is -0.744. The van der Waals surface area contributed by atoms with Gasteiger partial charge in [-0.3, -0.25) is 4.79 Å². The van der Waals surface area contributed by atoms with Crippen molar-refractivity contribution < 1.29 is 18.9 Å². The fourth-order valence-corrected chi connectivity index (χ4v) is 3.88. The maximum atomic E-state index is 12.7. The van der Waals surface area contributed by atoms with Crippen LogP contribution in [-0.4, -0.2) is 24.2 Å². The lowest BCUT2D eigenvalue weighted by Crippen LogP contribution is -2.36. The predicted octanol–water partition coefficient (Wildman–Crippen LogP) is 4.55. The zero-order chi connectivity index (χ0) is 22.4. The van der Waals surface area contributed by atoms with Gasteiger partial charge < -0.3 is 14.4 Å². The van der Waals surface area contributed by atoms with E-state index in [4.69, 9.17) is 9.52 Å². The zero-order valence-electron chi connectivity index (χ0n) is 18.6. The number of carboxylic acids is 1. The van der Waals surface area contributed by atoms with Crippen LogP contribution in [0.3, 0.4) is 0 Å². The van der Waals surface area contributed by atoms with Crippen LogP contribution in [0.1, 0.15) is 45.2 Å². The Hall–Kier alpha value is -3.15. The molecule has 2 heterocycles. The summed E-state index contributed by atoms with van der Waals surface area (Å²) in [4.78, 5) is 25.5. The third-order valence-electron chi connectivity index (χ3n) is 5.70. The summed E-state index contributed by atoms with van der Waals surface area (Å²) < 4.78 is 7.80. The molecule has 3 aromatic rings. The number of carboxylic acid groups (broad SMARTS) is 1. The molecule has 2 aromatic heterocycles. The number of nitrogens with zero attached hydrogens (tertiary/aromatic N) is 2. The smallest absolute Gasteiger partial charge is 0.344 e. The summed E-state index contributed by atoms with van der Waals surface area (Å²) >= 11 is 0. The van der Waals surface area contributed by atoms with Crippen LogP contribution in [0.5, 0.6) is 0 Å². The monoisotopic (exact) mass is 423 g/mol. The number of unbranched alkanes of at least 4 members (excludes halogenated alkanes) is 2. The Kier molecular flexibility index (Phi) is 7.45. The largest absolute Gasteiger partial charge is 0.481 e. The SMILES string of the molecule is CCN(CC)c1ccc2cc(-c3cc[n+](CCCCCC(=O)O)c(C)c3)c(=O)oc2c1. The molecule has 6 nitrogen and oxygen atoms in total. The van der Waals surface area contributed by atoms with Gasteiger partial charge in [-0.15, -0.1) is 0 Å². The van der Waals surface area contributed by atoms with Gasteiger partial charge in [0.25, 0.3) is 0 Å². The average Bonchev–Trinajstić information content (AvgIpc) is 2.74. The number of fused-ring (bicyclic) bond motifs is 1. The molecule has 31 heavy (non-hydrogen) atoms. The second kappa shape index (κ2) is 10.2. The number of hydrogen-bond acceptors (Lipinski definition) is 4. The number of hydrogen-bond donors (Lipinski definition) is 1. The summed E-state index contributed by atoms with van der Waals surface area (Å²) in [5.74, 6) is -0.744. The lowest BCUT2D eigenvalue weighted by Gasteiger charge is -2.21. The topological polar surface area (TPSA) is 74.6 Å². The average molecular weight is 424 g/mol. The third kappa shape index (κ3) is 5.51. The van der Waals surface area contributed by atoms with E-state index >= 15 is 0 Å². The van der Waals surface area contributed by atoms with Crippen LogP contribution < -0.4 is 15.1 Å². The second-order valence-electron chi connectivity index (χ2n) is 7.80. The number of carbonyl (C=O) groups is 1. The quantitative estimate of drug-likeness (QED) is 0.294. The molecule has 0 radical (unpaired) electrons. The Labute approximate surface area is 182 Å². The number of benzene rings is 1. The highest BCUT2D eigenvalue weighted by Gasteiger charge is 2.14. The number of aryl methyl sites for hydroxylation is 2. The van der Waals surface area contributed by atoms with Crippen LogP contribution in [0.25, 0.3) is 22.1 Å². The summed E-state index contributed by atoms with van der Waals surface area (Å²) in [6.07, 6.45) is 4.70. The Balaban J connectivity index is 1.80. The number of anilines is 1. The van der Waals surface area contributed by atoms with Crippen molar-refractivity contribution in [3.8, 4) is 11.1 Å². The highest BCUT2D eigenvalue weighted by atomic mass is 16.4. The van der Waals surface area contributed by atoms with E-state index < -0.39 is 5.97 Å². The molecule has 3 rings (SSSR count). The molecule has 0 saturated carbocycles. The summed E-state index contributed by atoms with van der Waals surface area (Å²) in [5, 5.41) is 9.62. The fraction of sp³-hybridized carbons (Fsp3) is 0.400. The van der Waals surface area contributed by atoms with Crippen LogP contribution >= 0.6 is 0 Å². The van der Waals surface area contributed by atoms with Crippen molar-refractivity contribution in [1.29, 1.82) is 0 Å². The molecule has 0 saturated heterocycles. The molecular formula is C25H31N2O4+. The van der Waals surface area contributed by atoms with Crippen LogP contribution in [0.2, 0.25) is 0 Å². The lowest BCUT2D eigenvalue weighted by molar-refractivity contribution is -0.703. The summed E-state index contributed by atoms with van der Waals surface area (Å²) in [6.45, 7) is 8.84. The van der Waals surface area contributed by atoms with Crippen LogP contribution in [-0.2, 0) is 11.3 Å². The number of aliphatic carboxylic acids is 1. The van der Waals surface area contributed by atoms with E-state index in [-0.39, 0.29) is 12.0 Å². The Morgan fingerprint density at radius 1 is 1.06 bits per heavy atom. The van der Waals surface area contributed by atoms with Gasteiger partial charge in [-0.25, -0.2) is 9.36 Å². The van der Waals surface area contributed by atoms with E-state index in [1.807, 2.05) is 43.5 Å². The van der Waals surface area contributed by atoms with Crippen molar-refractivity contribution in [3.05, 3.63) is 58.7 Å². The maximum Gasteiger partial charge on any atom is 0.344 e. The van der Waals surface area contributed by atoms with Gasteiger partial charge >= 0.3 is 11.6 Å². The van der Waals surface area contributed by atoms with Crippen molar-refractivity contribution in [1.82, 2.24) is 0 Å². The Morgan fingerprint density at radius 2 is 1.84 bits per heavy atom.